The summed E-state index contributed by atoms with van der Waals surface area (Å²) in [5.41, 5.74) is 1.02. The van der Waals surface area contributed by atoms with Crippen LogP contribution in [0.1, 0.15) is 45.7 Å². The van der Waals surface area contributed by atoms with E-state index in [4.69, 9.17) is 14.0 Å². The molecule has 2 saturated heterocycles. The van der Waals surface area contributed by atoms with E-state index in [-0.39, 0.29) is 11.2 Å². The fraction of sp³-hybridized carbons (Fsp3) is 0.714. The van der Waals surface area contributed by atoms with Crippen LogP contribution in [0.15, 0.2) is 12.4 Å². The third-order valence-corrected chi connectivity index (χ3v) is 4.53. The second kappa shape index (κ2) is 4.79. The molecule has 6 heteroatoms. The third kappa shape index (κ3) is 2.36. The van der Waals surface area contributed by atoms with Crippen LogP contribution in [0.5, 0.6) is 0 Å². The minimum atomic E-state index is -0.443. The second-order valence-electron chi connectivity index (χ2n) is 6.51. The third-order valence-electron chi connectivity index (χ3n) is 4.53. The van der Waals surface area contributed by atoms with Gasteiger partial charge in [-0.15, -0.1) is 0 Å². The molecule has 3 heterocycles. The summed E-state index contributed by atoms with van der Waals surface area (Å²) in [5.74, 6) is 0.370. The Morgan fingerprint density at radius 2 is 1.80 bits per heavy atom. The van der Waals surface area contributed by atoms with Crippen LogP contribution in [0.25, 0.3) is 0 Å². The van der Waals surface area contributed by atoms with Crippen molar-refractivity contribution in [3.8, 4) is 0 Å². The average Bonchev–Trinajstić information content (AvgIpc) is 2.97. The maximum Gasteiger partial charge on any atom is 0.516 e. The highest BCUT2D eigenvalue weighted by Crippen LogP contribution is 2.36. The van der Waals surface area contributed by atoms with Gasteiger partial charge in [-0.2, -0.15) is 0 Å². The van der Waals surface area contributed by atoms with Gasteiger partial charge in [-0.3, -0.25) is 9.97 Å². The van der Waals surface area contributed by atoms with E-state index in [0.29, 0.717) is 5.92 Å². The van der Waals surface area contributed by atoms with Gasteiger partial charge < -0.3 is 14.0 Å². The number of nitrogens with zero attached hydrogens (tertiary/aromatic N) is 2. The smallest absolute Gasteiger partial charge is 0.398 e. The van der Waals surface area contributed by atoms with E-state index in [1.807, 2.05) is 33.9 Å². The summed E-state index contributed by atoms with van der Waals surface area (Å²) < 4.78 is 17.3. The van der Waals surface area contributed by atoms with Crippen LogP contribution in [0.3, 0.4) is 0 Å². The lowest BCUT2D eigenvalue weighted by atomic mass is 9.85. The van der Waals surface area contributed by atoms with Crippen molar-refractivity contribution >= 4 is 12.7 Å². The monoisotopic (exact) mass is 276 g/mol. The molecule has 0 bridgehead atoms. The van der Waals surface area contributed by atoms with E-state index in [1.54, 1.807) is 6.20 Å². The van der Waals surface area contributed by atoms with Crippen LogP contribution in [0.2, 0.25) is 0 Å². The maximum absolute atomic E-state index is 5.97. The largest absolute Gasteiger partial charge is 0.516 e. The molecule has 20 heavy (non-hydrogen) atoms. The van der Waals surface area contributed by atoms with Gasteiger partial charge in [0.15, 0.2) is 0 Å². The highest BCUT2D eigenvalue weighted by atomic mass is 16.7. The lowest BCUT2D eigenvalue weighted by molar-refractivity contribution is 0.00578. The van der Waals surface area contributed by atoms with Crippen LogP contribution in [0, 0.1) is 0 Å². The first-order valence-corrected chi connectivity index (χ1v) is 7.14. The summed E-state index contributed by atoms with van der Waals surface area (Å²) in [4.78, 5) is 8.97. The van der Waals surface area contributed by atoms with E-state index in [0.717, 1.165) is 30.9 Å². The quantitative estimate of drug-likeness (QED) is 0.762. The van der Waals surface area contributed by atoms with Crippen molar-refractivity contribution in [2.45, 2.75) is 51.2 Å². The molecule has 1 atom stereocenters. The summed E-state index contributed by atoms with van der Waals surface area (Å²) >= 11 is 0. The molecule has 2 aliphatic rings. The fourth-order valence-corrected chi connectivity index (χ4v) is 2.41. The van der Waals surface area contributed by atoms with Gasteiger partial charge in [0.25, 0.3) is 0 Å². The van der Waals surface area contributed by atoms with Crippen LogP contribution < -0.4 is 5.59 Å². The SMILES string of the molecule is CC1(C)OB(c2cnc(C3CCOC3)cn2)OC1(C)C. The number of aromatic nitrogens is 2. The van der Waals surface area contributed by atoms with Gasteiger partial charge in [-0.05, 0) is 34.1 Å². The van der Waals surface area contributed by atoms with Gasteiger partial charge >= 0.3 is 7.12 Å². The Balaban J connectivity index is 1.75. The number of hydrogen-bond acceptors (Lipinski definition) is 5. The van der Waals surface area contributed by atoms with Gasteiger partial charge in [0, 0.05) is 24.9 Å². The number of hydrogen-bond donors (Lipinski definition) is 0. The zero-order valence-corrected chi connectivity index (χ0v) is 12.5. The molecule has 1 unspecified atom stereocenters. The highest BCUT2D eigenvalue weighted by molar-refractivity contribution is 6.61. The Kier molecular flexibility index (Phi) is 3.35. The van der Waals surface area contributed by atoms with E-state index in [1.165, 1.54) is 0 Å². The summed E-state index contributed by atoms with van der Waals surface area (Å²) in [6, 6.07) is 0. The molecular weight excluding hydrogens is 255 g/mol. The first-order valence-electron chi connectivity index (χ1n) is 7.14. The van der Waals surface area contributed by atoms with Crippen molar-refractivity contribution in [1.29, 1.82) is 0 Å². The molecule has 0 N–H and O–H groups in total. The molecule has 2 aliphatic heterocycles. The van der Waals surface area contributed by atoms with Crippen LogP contribution in [-0.2, 0) is 14.0 Å². The first-order chi connectivity index (χ1) is 9.39. The average molecular weight is 276 g/mol. The van der Waals surface area contributed by atoms with Gasteiger partial charge in [-0.1, -0.05) is 0 Å². The standard InChI is InChI=1S/C14H21BN2O3/c1-13(2)14(3,4)20-15(19-13)12-8-16-11(7-17-12)10-5-6-18-9-10/h7-8,10H,5-6,9H2,1-4H3. The fourth-order valence-electron chi connectivity index (χ4n) is 2.41. The maximum atomic E-state index is 5.97. The number of ether oxygens (including phenoxy) is 1. The molecule has 108 valence electrons. The zero-order chi connectivity index (χ0) is 14.4. The van der Waals surface area contributed by atoms with Crippen LogP contribution >= 0.6 is 0 Å². The van der Waals surface area contributed by atoms with Crippen LogP contribution in [0.4, 0.5) is 0 Å². The summed E-state index contributed by atoms with van der Waals surface area (Å²) in [6.45, 7) is 9.68. The lowest BCUT2D eigenvalue weighted by Gasteiger charge is -2.32. The molecular formula is C14H21BN2O3. The lowest BCUT2D eigenvalue weighted by Crippen LogP contribution is -2.41. The zero-order valence-electron chi connectivity index (χ0n) is 12.5. The van der Waals surface area contributed by atoms with Crippen molar-refractivity contribution in [2.24, 2.45) is 0 Å². The van der Waals surface area contributed by atoms with E-state index < -0.39 is 7.12 Å². The molecule has 0 aromatic carbocycles. The van der Waals surface area contributed by atoms with E-state index >= 15 is 0 Å². The molecule has 0 saturated carbocycles. The Hall–Kier alpha value is -0.975. The van der Waals surface area contributed by atoms with Crippen molar-refractivity contribution in [1.82, 2.24) is 9.97 Å². The molecule has 2 fully saturated rings. The molecule has 3 rings (SSSR count). The van der Waals surface area contributed by atoms with Crippen molar-refractivity contribution in [2.75, 3.05) is 13.2 Å². The first kappa shape index (κ1) is 14.0. The minimum Gasteiger partial charge on any atom is -0.398 e. The summed E-state index contributed by atoms with van der Waals surface area (Å²) in [7, 11) is -0.443. The van der Waals surface area contributed by atoms with Crippen LogP contribution in [-0.4, -0.2) is 41.5 Å². The molecule has 0 amide bonds. The van der Waals surface area contributed by atoms with E-state index in [9.17, 15) is 0 Å². The van der Waals surface area contributed by atoms with Gasteiger partial charge in [0.1, 0.15) is 0 Å². The summed E-state index contributed by atoms with van der Waals surface area (Å²) in [6.07, 6.45) is 4.60. The summed E-state index contributed by atoms with van der Waals surface area (Å²) in [5, 5.41) is 0. The molecule has 0 radical (unpaired) electrons. The molecule has 0 aliphatic carbocycles. The van der Waals surface area contributed by atoms with E-state index in [2.05, 4.69) is 9.97 Å². The topological polar surface area (TPSA) is 53.5 Å². The number of rotatable bonds is 2. The Labute approximate surface area is 120 Å². The Morgan fingerprint density at radius 1 is 1.10 bits per heavy atom. The molecule has 0 spiro atoms. The normalized spacial score (nSPS) is 28.0. The Morgan fingerprint density at radius 3 is 2.30 bits per heavy atom. The predicted molar refractivity (Wildman–Crippen MR) is 75.9 cm³/mol. The van der Waals surface area contributed by atoms with Crippen molar-refractivity contribution in [3.63, 3.8) is 0 Å². The van der Waals surface area contributed by atoms with Gasteiger partial charge in [0.2, 0.25) is 0 Å². The van der Waals surface area contributed by atoms with Gasteiger partial charge in [-0.25, -0.2) is 0 Å². The van der Waals surface area contributed by atoms with Gasteiger partial charge in [0.05, 0.1) is 29.1 Å². The molecule has 1 aromatic rings. The highest BCUT2D eigenvalue weighted by Gasteiger charge is 2.52. The van der Waals surface area contributed by atoms with Crippen molar-refractivity contribution < 1.29 is 14.0 Å². The molecule has 1 aromatic heterocycles. The Bertz CT molecular complexity index is 468. The molecule has 5 nitrogen and oxygen atoms in total. The second-order valence-corrected chi connectivity index (χ2v) is 6.51. The van der Waals surface area contributed by atoms with Crippen molar-refractivity contribution in [3.05, 3.63) is 18.1 Å². The predicted octanol–water partition coefficient (Wildman–Crippen LogP) is 1.28. The minimum absolute atomic E-state index is 0.350.